The largest absolute Gasteiger partial charge is 0.419 e. The highest BCUT2D eigenvalue weighted by molar-refractivity contribution is 5.50. The highest BCUT2D eigenvalue weighted by Crippen LogP contribution is 2.37. The Hall–Kier alpha value is -1.34. The maximum atomic E-state index is 13.1. The lowest BCUT2D eigenvalue weighted by Gasteiger charge is -2.28. The monoisotopic (exact) mass is 303 g/mol. The normalized spacial score (nSPS) is 19.2. The van der Waals surface area contributed by atoms with Crippen molar-refractivity contribution in [2.45, 2.75) is 25.1 Å². The van der Waals surface area contributed by atoms with Gasteiger partial charge in [-0.2, -0.15) is 13.2 Å². The molecule has 1 saturated heterocycles. The number of halogens is 3. The number of pyridine rings is 1. The fraction of sp³-hybridized carbons (Fsp3) is 0.643. The predicted octanol–water partition coefficient (Wildman–Crippen LogP) is 2.31. The van der Waals surface area contributed by atoms with E-state index in [0.717, 1.165) is 18.9 Å². The molecule has 1 aliphatic rings. The third-order valence-electron chi connectivity index (χ3n) is 3.60. The number of methoxy groups -OCH3 is 1. The van der Waals surface area contributed by atoms with Gasteiger partial charge in [0, 0.05) is 39.0 Å². The Morgan fingerprint density at radius 3 is 3.00 bits per heavy atom. The van der Waals surface area contributed by atoms with Crippen LogP contribution in [0.3, 0.4) is 0 Å². The molecule has 7 heteroatoms. The summed E-state index contributed by atoms with van der Waals surface area (Å²) in [6.07, 6.45) is -1.21. The number of anilines is 1. The number of nitrogens with one attached hydrogen (secondary N) is 1. The minimum atomic E-state index is -4.37. The van der Waals surface area contributed by atoms with Gasteiger partial charge in [0.05, 0.1) is 12.2 Å². The van der Waals surface area contributed by atoms with Crippen molar-refractivity contribution in [3.8, 4) is 0 Å². The minimum absolute atomic E-state index is 0.0397. The Kier molecular flexibility index (Phi) is 5.41. The molecule has 0 radical (unpaired) electrons. The topological polar surface area (TPSA) is 37.4 Å². The van der Waals surface area contributed by atoms with Crippen LogP contribution < -0.4 is 10.2 Å². The van der Waals surface area contributed by atoms with Gasteiger partial charge in [0.25, 0.3) is 0 Å². The Bertz CT molecular complexity index is 453. The Balaban J connectivity index is 2.09. The van der Waals surface area contributed by atoms with Gasteiger partial charge < -0.3 is 15.0 Å². The van der Waals surface area contributed by atoms with E-state index in [-0.39, 0.29) is 11.9 Å². The van der Waals surface area contributed by atoms with Gasteiger partial charge in [-0.1, -0.05) is 0 Å². The Morgan fingerprint density at radius 1 is 1.48 bits per heavy atom. The fourth-order valence-corrected chi connectivity index (χ4v) is 2.62. The quantitative estimate of drug-likeness (QED) is 0.818. The van der Waals surface area contributed by atoms with Crippen LogP contribution >= 0.6 is 0 Å². The van der Waals surface area contributed by atoms with E-state index >= 15 is 0 Å². The molecule has 2 heterocycles. The first-order valence-corrected chi connectivity index (χ1v) is 7.02. The molecular formula is C14H20F3N3O. The summed E-state index contributed by atoms with van der Waals surface area (Å²) in [5, 5.41) is 3.21. The zero-order valence-corrected chi connectivity index (χ0v) is 12.0. The van der Waals surface area contributed by atoms with Gasteiger partial charge in [-0.15, -0.1) is 0 Å². The first-order chi connectivity index (χ1) is 10.0. The number of aromatic nitrogens is 1. The van der Waals surface area contributed by atoms with Crippen LogP contribution in [0.15, 0.2) is 18.3 Å². The van der Waals surface area contributed by atoms with E-state index in [0.29, 0.717) is 26.2 Å². The highest BCUT2D eigenvalue weighted by atomic mass is 19.4. The molecule has 21 heavy (non-hydrogen) atoms. The molecule has 1 atom stereocenters. The maximum absolute atomic E-state index is 13.1. The molecule has 1 unspecified atom stereocenters. The van der Waals surface area contributed by atoms with Crippen molar-refractivity contribution in [1.29, 1.82) is 0 Å². The summed E-state index contributed by atoms with van der Waals surface area (Å²) in [5.41, 5.74) is -0.659. The second-order valence-corrected chi connectivity index (χ2v) is 5.06. The number of hydrogen-bond acceptors (Lipinski definition) is 4. The Labute approximate surface area is 122 Å². The molecule has 4 nitrogen and oxygen atoms in total. The lowest BCUT2D eigenvalue weighted by Crippen LogP contribution is -2.40. The van der Waals surface area contributed by atoms with Crippen molar-refractivity contribution >= 4 is 5.82 Å². The summed E-state index contributed by atoms with van der Waals surface area (Å²) in [5.74, 6) is 0.0426. The van der Waals surface area contributed by atoms with Gasteiger partial charge >= 0.3 is 6.18 Å². The van der Waals surface area contributed by atoms with Gasteiger partial charge in [0.1, 0.15) is 5.82 Å². The molecule has 1 aromatic heterocycles. The average molecular weight is 303 g/mol. The van der Waals surface area contributed by atoms with E-state index in [1.807, 2.05) is 0 Å². The van der Waals surface area contributed by atoms with Crippen LogP contribution in [-0.4, -0.2) is 44.4 Å². The number of ether oxygens (including phenoxy) is 1. The standard InChI is InChI=1S/C14H20F3N3O/c1-21-9-7-18-10-11-4-3-8-20(11)13-12(14(15,16)17)5-2-6-19-13/h2,5-6,11,18H,3-4,7-10H2,1H3. The van der Waals surface area contributed by atoms with Gasteiger partial charge in [-0.3, -0.25) is 0 Å². The zero-order valence-electron chi connectivity index (χ0n) is 12.0. The molecule has 0 spiro atoms. The van der Waals surface area contributed by atoms with Crippen LogP contribution in [0, 0.1) is 0 Å². The second kappa shape index (κ2) is 7.09. The van der Waals surface area contributed by atoms with Crippen LogP contribution in [0.25, 0.3) is 0 Å². The summed E-state index contributed by atoms with van der Waals surface area (Å²) in [6, 6.07) is 2.46. The molecule has 1 aliphatic heterocycles. The number of hydrogen-bond donors (Lipinski definition) is 1. The SMILES string of the molecule is COCCNCC1CCCN1c1ncccc1C(F)(F)F. The van der Waals surface area contributed by atoms with E-state index in [9.17, 15) is 13.2 Å². The molecule has 0 aromatic carbocycles. The molecule has 1 N–H and O–H groups in total. The predicted molar refractivity (Wildman–Crippen MR) is 74.4 cm³/mol. The number of rotatable bonds is 6. The molecule has 2 rings (SSSR count). The van der Waals surface area contributed by atoms with Gasteiger partial charge in [-0.05, 0) is 25.0 Å². The number of alkyl halides is 3. The summed E-state index contributed by atoms with van der Waals surface area (Å²) in [7, 11) is 1.62. The van der Waals surface area contributed by atoms with Crippen molar-refractivity contribution < 1.29 is 17.9 Å². The zero-order chi connectivity index (χ0) is 15.3. The van der Waals surface area contributed by atoms with Crippen molar-refractivity contribution in [3.05, 3.63) is 23.9 Å². The average Bonchev–Trinajstić information content (AvgIpc) is 2.91. The molecule has 0 saturated carbocycles. The smallest absolute Gasteiger partial charge is 0.383 e. The van der Waals surface area contributed by atoms with Crippen LogP contribution in [0.5, 0.6) is 0 Å². The van der Waals surface area contributed by atoms with E-state index in [4.69, 9.17) is 4.74 Å². The highest BCUT2D eigenvalue weighted by Gasteiger charge is 2.38. The van der Waals surface area contributed by atoms with Crippen molar-refractivity contribution in [1.82, 2.24) is 10.3 Å². The third kappa shape index (κ3) is 4.07. The van der Waals surface area contributed by atoms with Gasteiger partial charge in [0.2, 0.25) is 0 Å². The van der Waals surface area contributed by atoms with Gasteiger partial charge in [0.15, 0.2) is 0 Å². The molecule has 1 fully saturated rings. The summed E-state index contributed by atoms with van der Waals surface area (Å²) in [4.78, 5) is 5.74. The lowest BCUT2D eigenvalue weighted by atomic mass is 10.2. The summed E-state index contributed by atoms with van der Waals surface area (Å²) < 4.78 is 44.2. The maximum Gasteiger partial charge on any atom is 0.419 e. The van der Waals surface area contributed by atoms with Crippen molar-refractivity contribution in [2.75, 3.05) is 38.3 Å². The van der Waals surface area contributed by atoms with E-state index in [2.05, 4.69) is 10.3 Å². The minimum Gasteiger partial charge on any atom is -0.383 e. The summed E-state index contributed by atoms with van der Waals surface area (Å²) >= 11 is 0. The van der Waals surface area contributed by atoms with Crippen molar-refractivity contribution in [3.63, 3.8) is 0 Å². The van der Waals surface area contributed by atoms with Crippen LogP contribution in [-0.2, 0) is 10.9 Å². The third-order valence-corrected chi connectivity index (χ3v) is 3.60. The van der Waals surface area contributed by atoms with E-state index < -0.39 is 11.7 Å². The van der Waals surface area contributed by atoms with E-state index in [1.165, 1.54) is 12.3 Å². The first kappa shape index (κ1) is 16.0. The van der Waals surface area contributed by atoms with Gasteiger partial charge in [-0.25, -0.2) is 4.98 Å². The first-order valence-electron chi connectivity index (χ1n) is 7.02. The van der Waals surface area contributed by atoms with Crippen LogP contribution in [0.1, 0.15) is 18.4 Å². The molecule has 0 bridgehead atoms. The molecule has 0 aliphatic carbocycles. The molecular weight excluding hydrogens is 283 g/mol. The summed E-state index contributed by atoms with van der Waals surface area (Å²) in [6.45, 7) is 2.52. The van der Waals surface area contributed by atoms with E-state index in [1.54, 1.807) is 12.0 Å². The number of nitrogens with zero attached hydrogens (tertiary/aromatic N) is 2. The van der Waals surface area contributed by atoms with Crippen molar-refractivity contribution in [2.24, 2.45) is 0 Å². The Morgan fingerprint density at radius 2 is 2.29 bits per heavy atom. The van der Waals surface area contributed by atoms with Crippen LogP contribution in [0.4, 0.5) is 19.0 Å². The fourth-order valence-electron chi connectivity index (χ4n) is 2.62. The lowest BCUT2D eigenvalue weighted by molar-refractivity contribution is -0.137. The second-order valence-electron chi connectivity index (χ2n) is 5.06. The molecule has 118 valence electrons. The van der Waals surface area contributed by atoms with Crippen LogP contribution in [0.2, 0.25) is 0 Å². The molecule has 0 amide bonds. The molecule has 1 aromatic rings.